The van der Waals surface area contributed by atoms with Crippen LogP contribution in [0.15, 0.2) is 24.3 Å². The Morgan fingerprint density at radius 1 is 1.43 bits per heavy atom. The molecule has 6 heteroatoms. The molecule has 2 unspecified atom stereocenters. The van der Waals surface area contributed by atoms with E-state index in [9.17, 15) is 9.90 Å². The van der Waals surface area contributed by atoms with E-state index >= 15 is 0 Å². The highest BCUT2D eigenvalue weighted by Gasteiger charge is 2.13. The van der Waals surface area contributed by atoms with Gasteiger partial charge in [-0.2, -0.15) is 0 Å². The van der Waals surface area contributed by atoms with Crippen LogP contribution in [0.3, 0.4) is 0 Å². The Labute approximate surface area is 124 Å². The van der Waals surface area contributed by atoms with Crippen molar-refractivity contribution >= 4 is 17.1 Å². The molecular weight excluding hydrogens is 268 g/mol. The number of aromatic amines is 1. The molecule has 0 fully saturated rings. The van der Waals surface area contributed by atoms with Crippen LogP contribution in [0.4, 0.5) is 4.79 Å². The predicted octanol–water partition coefficient (Wildman–Crippen LogP) is 2.08. The summed E-state index contributed by atoms with van der Waals surface area (Å²) in [6.45, 7) is 4.24. The van der Waals surface area contributed by atoms with Crippen molar-refractivity contribution < 1.29 is 9.90 Å². The molecule has 0 saturated heterocycles. The maximum absolute atomic E-state index is 11.8. The maximum atomic E-state index is 11.8. The molecule has 0 aliphatic heterocycles. The molecule has 1 heterocycles. The smallest absolute Gasteiger partial charge is 0.315 e. The Morgan fingerprint density at radius 3 is 2.90 bits per heavy atom. The summed E-state index contributed by atoms with van der Waals surface area (Å²) in [5.41, 5.74) is 1.83. The van der Waals surface area contributed by atoms with Crippen molar-refractivity contribution in [1.82, 2.24) is 20.6 Å². The van der Waals surface area contributed by atoms with Gasteiger partial charge >= 0.3 is 6.03 Å². The average molecular weight is 290 g/mol. The number of nitrogens with zero attached hydrogens (tertiary/aromatic N) is 1. The van der Waals surface area contributed by atoms with E-state index in [1.54, 1.807) is 0 Å². The van der Waals surface area contributed by atoms with Crippen molar-refractivity contribution in [3.05, 3.63) is 30.1 Å². The summed E-state index contributed by atoms with van der Waals surface area (Å²) >= 11 is 0. The van der Waals surface area contributed by atoms with Gasteiger partial charge in [0.2, 0.25) is 0 Å². The number of hydrogen-bond acceptors (Lipinski definition) is 3. The fraction of sp³-hybridized carbons (Fsp3) is 0.467. The zero-order valence-corrected chi connectivity index (χ0v) is 12.4. The third kappa shape index (κ3) is 4.19. The van der Waals surface area contributed by atoms with Crippen LogP contribution in [0.25, 0.3) is 11.0 Å². The van der Waals surface area contributed by atoms with E-state index in [0.717, 1.165) is 16.9 Å². The number of imidazole rings is 1. The second kappa shape index (κ2) is 7.08. The van der Waals surface area contributed by atoms with E-state index in [-0.39, 0.29) is 18.2 Å². The first-order valence-corrected chi connectivity index (χ1v) is 7.27. The zero-order chi connectivity index (χ0) is 15.2. The van der Waals surface area contributed by atoms with Gasteiger partial charge in [0.15, 0.2) is 0 Å². The lowest BCUT2D eigenvalue weighted by molar-refractivity contribution is 0.160. The van der Waals surface area contributed by atoms with Crippen LogP contribution in [-0.4, -0.2) is 33.8 Å². The largest absolute Gasteiger partial charge is 0.393 e. The van der Waals surface area contributed by atoms with Gasteiger partial charge in [0.1, 0.15) is 5.82 Å². The summed E-state index contributed by atoms with van der Waals surface area (Å²) in [5.74, 6) is 0.722. The number of aliphatic hydroxyl groups excluding tert-OH is 1. The van der Waals surface area contributed by atoms with Crippen LogP contribution in [0, 0.1) is 0 Å². The monoisotopic (exact) mass is 290 g/mol. The number of hydrogen-bond donors (Lipinski definition) is 4. The van der Waals surface area contributed by atoms with E-state index in [1.165, 1.54) is 0 Å². The van der Waals surface area contributed by atoms with Crippen molar-refractivity contribution in [3.63, 3.8) is 0 Å². The number of H-pyrrole nitrogens is 1. The van der Waals surface area contributed by atoms with Gasteiger partial charge in [0, 0.05) is 6.54 Å². The number of fused-ring (bicyclic) bond motifs is 1. The lowest BCUT2D eigenvalue weighted by Crippen LogP contribution is -2.38. The molecule has 2 rings (SSSR count). The molecule has 0 aliphatic carbocycles. The molecule has 2 aromatic rings. The highest BCUT2D eigenvalue weighted by Crippen LogP contribution is 2.15. The molecule has 0 spiro atoms. The van der Waals surface area contributed by atoms with Gasteiger partial charge in [-0.05, 0) is 31.9 Å². The van der Waals surface area contributed by atoms with Crippen LogP contribution in [-0.2, 0) is 0 Å². The first kappa shape index (κ1) is 15.3. The maximum Gasteiger partial charge on any atom is 0.315 e. The van der Waals surface area contributed by atoms with Crippen LogP contribution >= 0.6 is 0 Å². The van der Waals surface area contributed by atoms with Gasteiger partial charge in [-0.15, -0.1) is 0 Å². The van der Waals surface area contributed by atoms with Crippen LogP contribution in [0.1, 0.15) is 38.6 Å². The molecule has 0 bridgehead atoms. The number of rotatable bonds is 6. The summed E-state index contributed by atoms with van der Waals surface area (Å²) in [6.07, 6.45) is 0.889. The van der Waals surface area contributed by atoms with Gasteiger partial charge in [-0.3, -0.25) is 0 Å². The molecule has 114 valence electrons. The van der Waals surface area contributed by atoms with Gasteiger partial charge < -0.3 is 20.7 Å². The fourth-order valence-corrected chi connectivity index (χ4v) is 2.05. The standard InChI is InChI=1S/C15H22N4O2/c1-3-11(20)8-9-16-15(21)17-10(2)14-18-12-6-4-5-7-13(12)19-14/h4-7,10-11,20H,3,8-9H2,1-2H3,(H,18,19)(H2,16,17,21). The predicted molar refractivity (Wildman–Crippen MR) is 82.0 cm³/mol. The van der Waals surface area contributed by atoms with Gasteiger partial charge in [0.05, 0.1) is 23.2 Å². The minimum absolute atomic E-state index is 0.214. The second-order valence-electron chi connectivity index (χ2n) is 5.11. The minimum atomic E-state index is -0.363. The average Bonchev–Trinajstić information content (AvgIpc) is 2.91. The number of nitrogens with one attached hydrogen (secondary N) is 3. The van der Waals surface area contributed by atoms with Crippen molar-refractivity contribution in [3.8, 4) is 0 Å². The van der Waals surface area contributed by atoms with E-state index in [0.29, 0.717) is 19.4 Å². The summed E-state index contributed by atoms with van der Waals surface area (Å²) in [7, 11) is 0. The molecule has 0 aliphatic rings. The van der Waals surface area contributed by atoms with Crippen molar-refractivity contribution in [2.24, 2.45) is 0 Å². The summed E-state index contributed by atoms with van der Waals surface area (Å²) in [5, 5.41) is 15.0. The van der Waals surface area contributed by atoms with Gasteiger partial charge in [-0.25, -0.2) is 9.78 Å². The van der Waals surface area contributed by atoms with Crippen molar-refractivity contribution in [2.45, 2.75) is 38.8 Å². The lowest BCUT2D eigenvalue weighted by Gasteiger charge is -2.13. The topological polar surface area (TPSA) is 90.0 Å². The van der Waals surface area contributed by atoms with E-state index in [4.69, 9.17) is 0 Å². The Morgan fingerprint density at radius 2 is 2.19 bits per heavy atom. The number of amides is 2. The van der Waals surface area contributed by atoms with Crippen molar-refractivity contribution in [2.75, 3.05) is 6.54 Å². The molecule has 0 radical (unpaired) electrons. The van der Waals surface area contributed by atoms with Gasteiger partial charge in [0.25, 0.3) is 0 Å². The Bertz CT molecular complexity index is 563. The van der Waals surface area contributed by atoms with Crippen molar-refractivity contribution in [1.29, 1.82) is 0 Å². The Balaban J connectivity index is 1.85. The summed E-state index contributed by atoms with van der Waals surface area (Å²) in [4.78, 5) is 19.4. The minimum Gasteiger partial charge on any atom is -0.393 e. The third-order valence-corrected chi connectivity index (χ3v) is 3.40. The van der Waals surface area contributed by atoms with Crippen LogP contribution < -0.4 is 10.6 Å². The number of aromatic nitrogens is 2. The molecule has 2 atom stereocenters. The van der Waals surface area contributed by atoms with Crippen LogP contribution in [0.2, 0.25) is 0 Å². The number of carbonyl (C=O) groups excluding carboxylic acids is 1. The lowest BCUT2D eigenvalue weighted by atomic mass is 10.2. The van der Waals surface area contributed by atoms with Gasteiger partial charge in [-0.1, -0.05) is 19.1 Å². The number of urea groups is 1. The van der Waals surface area contributed by atoms with E-state index < -0.39 is 0 Å². The molecule has 6 nitrogen and oxygen atoms in total. The second-order valence-corrected chi connectivity index (χ2v) is 5.11. The summed E-state index contributed by atoms with van der Waals surface area (Å²) in [6, 6.07) is 7.27. The van der Waals surface area contributed by atoms with E-state index in [2.05, 4.69) is 20.6 Å². The number of benzene rings is 1. The SMILES string of the molecule is CCC(O)CCNC(=O)NC(C)c1nc2ccccc2[nH]1. The number of para-hydroxylation sites is 2. The highest BCUT2D eigenvalue weighted by molar-refractivity contribution is 5.76. The zero-order valence-electron chi connectivity index (χ0n) is 12.4. The normalized spacial score (nSPS) is 13.9. The highest BCUT2D eigenvalue weighted by atomic mass is 16.3. The van der Waals surface area contributed by atoms with E-state index in [1.807, 2.05) is 38.1 Å². The quantitative estimate of drug-likeness (QED) is 0.656. The molecule has 1 aromatic carbocycles. The summed E-state index contributed by atoms with van der Waals surface area (Å²) < 4.78 is 0. The Hall–Kier alpha value is -2.08. The first-order valence-electron chi connectivity index (χ1n) is 7.27. The molecule has 4 N–H and O–H groups in total. The third-order valence-electron chi connectivity index (χ3n) is 3.40. The molecule has 2 amide bonds. The fourth-order valence-electron chi connectivity index (χ4n) is 2.05. The molecule has 21 heavy (non-hydrogen) atoms. The first-order chi connectivity index (χ1) is 10.1. The Kier molecular flexibility index (Phi) is 5.16. The molecular formula is C15H22N4O2. The number of aliphatic hydroxyl groups is 1. The molecule has 0 saturated carbocycles. The molecule has 1 aromatic heterocycles. The number of carbonyl (C=O) groups is 1. The van der Waals surface area contributed by atoms with Crippen LogP contribution in [0.5, 0.6) is 0 Å².